The number of rotatable bonds is 4. The molecule has 0 saturated carbocycles. The number of nitrogens with one attached hydrogen (secondary N) is 2. The van der Waals surface area contributed by atoms with E-state index in [4.69, 9.17) is 4.74 Å². The molecule has 0 unspecified atom stereocenters. The van der Waals surface area contributed by atoms with E-state index in [-0.39, 0.29) is 24.2 Å². The van der Waals surface area contributed by atoms with Crippen molar-refractivity contribution in [1.82, 2.24) is 14.8 Å². The Morgan fingerprint density at radius 2 is 2.05 bits per heavy atom. The van der Waals surface area contributed by atoms with Crippen molar-refractivity contribution in [3.63, 3.8) is 0 Å². The maximum Gasteiger partial charge on any atom is 0.240 e. The minimum absolute atomic E-state index is 0. The van der Waals surface area contributed by atoms with Gasteiger partial charge in [-0.15, -0.1) is 4.83 Å². The van der Waals surface area contributed by atoms with Gasteiger partial charge in [-0.1, -0.05) is 0 Å². The van der Waals surface area contributed by atoms with Crippen LogP contribution in [0.3, 0.4) is 0 Å². The van der Waals surface area contributed by atoms with Gasteiger partial charge in [-0.05, 0) is 0 Å². The summed E-state index contributed by atoms with van der Waals surface area (Å²) in [6.07, 6.45) is 1.97. The highest BCUT2D eigenvalue weighted by molar-refractivity contribution is 7.88. The first kappa shape index (κ1) is 16.8. The first-order valence-electron chi connectivity index (χ1n) is 5.54. The fraction of sp³-hybridized carbons (Fsp3) is 0.556. The van der Waals surface area contributed by atoms with Gasteiger partial charge in [0.2, 0.25) is 16.0 Å². The van der Waals surface area contributed by atoms with Crippen LogP contribution in [0.15, 0.2) is 6.20 Å². The molecule has 0 amide bonds. The summed E-state index contributed by atoms with van der Waals surface area (Å²) in [5.41, 5.74) is 2.31. The first-order valence-corrected chi connectivity index (χ1v) is 7.43. The van der Waals surface area contributed by atoms with E-state index in [0.717, 1.165) is 12.5 Å². The molecule has 1 saturated heterocycles. The number of morpholine rings is 1. The van der Waals surface area contributed by atoms with Crippen molar-refractivity contribution in [2.75, 3.05) is 42.9 Å². The highest BCUT2D eigenvalue weighted by atomic mass is 35.5. The summed E-state index contributed by atoms with van der Waals surface area (Å²) in [6, 6.07) is 0. The summed E-state index contributed by atoms with van der Waals surface area (Å²) in [7, 11) is -3.44. The predicted molar refractivity (Wildman–Crippen MR) is 66.6 cm³/mol. The van der Waals surface area contributed by atoms with Crippen molar-refractivity contribution in [3.8, 4) is 0 Å². The molecule has 0 bridgehead atoms. The van der Waals surface area contributed by atoms with Crippen molar-refractivity contribution in [2.45, 2.75) is 0 Å². The molecule has 0 atom stereocenters. The molecule has 2 heterocycles. The van der Waals surface area contributed by atoms with E-state index in [9.17, 15) is 12.8 Å². The van der Waals surface area contributed by atoms with Gasteiger partial charge in [-0.25, -0.2) is 17.8 Å². The molecule has 2 rings (SSSR count). The molecule has 0 aliphatic carbocycles. The predicted octanol–water partition coefficient (Wildman–Crippen LogP) is -3.67. The number of anilines is 2. The maximum atomic E-state index is 13.7. The number of hydrogen-bond acceptors (Lipinski definition) is 7. The van der Waals surface area contributed by atoms with Crippen LogP contribution in [0.25, 0.3) is 0 Å². The summed E-state index contributed by atoms with van der Waals surface area (Å²) >= 11 is 0. The van der Waals surface area contributed by atoms with E-state index in [1.165, 1.54) is 0 Å². The number of hydrogen-bond donors (Lipinski definition) is 2. The highest BCUT2D eigenvalue weighted by Gasteiger charge is 2.18. The number of aromatic nitrogens is 2. The van der Waals surface area contributed by atoms with Gasteiger partial charge in [0.1, 0.15) is 0 Å². The SMILES string of the molecule is CS(=O)(=O)NNc1ncc(F)c(N2CCOCC2)n1.[Cl-]. The van der Waals surface area contributed by atoms with Crippen LogP contribution in [0.2, 0.25) is 0 Å². The monoisotopic (exact) mass is 326 g/mol. The van der Waals surface area contributed by atoms with E-state index in [0.29, 0.717) is 26.3 Å². The molecule has 114 valence electrons. The molecule has 11 heteroatoms. The van der Waals surface area contributed by atoms with Gasteiger partial charge in [0, 0.05) is 13.1 Å². The second-order valence-electron chi connectivity index (χ2n) is 3.96. The molecule has 1 aliphatic rings. The lowest BCUT2D eigenvalue weighted by Gasteiger charge is -2.28. The van der Waals surface area contributed by atoms with Gasteiger partial charge in [0.05, 0.1) is 25.7 Å². The van der Waals surface area contributed by atoms with Gasteiger partial charge in [0.15, 0.2) is 11.6 Å². The number of halogens is 2. The summed E-state index contributed by atoms with van der Waals surface area (Å²) in [6.45, 7) is 2.03. The Kier molecular flexibility index (Phi) is 5.87. The lowest BCUT2D eigenvalue weighted by Crippen LogP contribution is -3.00. The van der Waals surface area contributed by atoms with E-state index < -0.39 is 15.8 Å². The molecule has 1 aromatic rings. The molecule has 8 nitrogen and oxygen atoms in total. The summed E-state index contributed by atoms with van der Waals surface area (Å²) in [5.74, 6) is -0.462. The van der Waals surface area contributed by atoms with Gasteiger partial charge in [-0.3, -0.25) is 5.43 Å². The van der Waals surface area contributed by atoms with Crippen molar-refractivity contribution in [1.29, 1.82) is 0 Å². The molecule has 1 aliphatic heterocycles. The van der Waals surface area contributed by atoms with Crippen LogP contribution in [0.4, 0.5) is 16.2 Å². The van der Waals surface area contributed by atoms with Crippen molar-refractivity contribution in [2.24, 2.45) is 0 Å². The molecule has 0 aromatic carbocycles. The number of ether oxygens (including phenoxy) is 1. The van der Waals surface area contributed by atoms with Crippen LogP contribution >= 0.6 is 0 Å². The normalized spacial score (nSPS) is 15.6. The Bertz CT molecular complexity index is 553. The molecule has 20 heavy (non-hydrogen) atoms. The quantitative estimate of drug-likeness (QED) is 0.550. The topological polar surface area (TPSA) is 96.5 Å². The van der Waals surface area contributed by atoms with E-state index >= 15 is 0 Å². The second-order valence-corrected chi connectivity index (χ2v) is 5.71. The third-order valence-electron chi connectivity index (χ3n) is 2.38. The van der Waals surface area contributed by atoms with Crippen LogP contribution in [0, 0.1) is 5.82 Å². The Hall–Kier alpha value is -1.23. The summed E-state index contributed by atoms with van der Waals surface area (Å²) < 4.78 is 40.7. The average Bonchev–Trinajstić information content (AvgIpc) is 2.38. The Morgan fingerprint density at radius 3 is 2.65 bits per heavy atom. The largest absolute Gasteiger partial charge is 1.00 e. The molecule has 2 N–H and O–H groups in total. The minimum atomic E-state index is -3.44. The van der Waals surface area contributed by atoms with Gasteiger partial charge in [0.25, 0.3) is 0 Å². The summed E-state index contributed by atoms with van der Waals surface area (Å²) in [4.78, 5) is 11.3. The van der Waals surface area contributed by atoms with Gasteiger partial charge >= 0.3 is 0 Å². The third-order valence-corrected chi connectivity index (χ3v) is 2.86. The van der Waals surface area contributed by atoms with E-state index in [1.807, 2.05) is 4.83 Å². The fourth-order valence-electron chi connectivity index (χ4n) is 1.55. The number of nitrogens with zero attached hydrogens (tertiary/aromatic N) is 3. The minimum Gasteiger partial charge on any atom is -1.00 e. The fourth-order valence-corrected chi connectivity index (χ4v) is 1.83. The third kappa shape index (κ3) is 4.71. The Morgan fingerprint density at radius 1 is 1.40 bits per heavy atom. The molecule has 0 spiro atoms. The van der Waals surface area contributed by atoms with Crippen molar-refractivity contribution in [3.05, 3.63) is 12.0 Å². The van der Waals surface area contributed by atoms with E-state index in [1.54, 1.807) is 4.90 Å². The van der Waals surface area contributed by atoms with Crippen molar-refractivity contribution >= 4 is 21.8 Å². The zero-order valence-corrected chi connectivity index (χ0v) is 12.2. The standard InChI is InChI=1S/C9H14FN5O3S.ClH/c1-19(16,17)14-13-9-11-6-7(10)8(12-9)15-2-4-18-5-3-15;/h6,14H,2-5H2,1H3,(H,11,12,13);1H/p-1. The Labute approximate surface area is 122 Å². The molecule has 1 aromatic heterocycles. The van der Waals surface area contributed by atoms with Gasteiger partial charge in [-0.2, -0.15) is 4.98 Å². The molecular weight excluding hydrogens is 313 g/mol. The molecular formula is C9H14ClFN5O3S-. The highest BCUT2D eigenvalue weighted by Crippen LogP contribution is 2.18. The number of sulfonamides is 1. The Balaban J connectivity index is 0.00000200. The van der Waals surface area contributed by atoms with Crippen LogP contribution in [-0.4, -0.2) is 50.9 Å². The molecule has 1 fully saturated rings. The summed E-state index contributed by atoms with van der Waals surface area (Å²) in [5, 5.41) is 0. The lowest BCUT2D eigenvalue weighted by atomic mass is 10.4. The average molecular weight is 327 g/mol. The van der Waals surface area contributed by atoms with Gasteiger partial charge < -0.3 is 22.0 Å². The second kappa shape index (κ2) is 6.97. The maximum absolute atomic E-state index is 13.7. The molecule has 0 radical (unpaired) electrons. The van der Waals surface area contributed by atoms with Crippen LogP contribution < -0.4 is 27.6 Å². The van der Waals surface area contributed by atoms with Crippen LogP contribution in [0.1, 0.15) is 0 Å². The lowest BCUT2D eigenvalue weighted by molar-refractivity contribution is -0.00000801. The number of hydrazine groups is 1. The van der Waals surface area contributed by atoms with Crippen LogP contribution in [0.5, 0.6) is 0 Å². The smallest absolute Gasteiger partial charge is 0.240 e. The van der Waals surface area contributed by atoms with Crippen LogP contribution in [-0.2, 0) is 14.8 Å². The van der Waals surface area contributed by atoms with Crippen molar-refractivity contribution < 1.29 is 30.0 Å². The zero-order valence-electron chi connectivity index (χ0n) is 10.6. The zero-order chi connectivity index (χ0) is 13.9. The first-order chi connectivity index (χ1) is 8.96. The van der Waals surface area contributed by atoms with E-state index in [2.05, 4.69) is 15.4 Å².